The number of fused-ring (bicyclic) bond motifs is 1. The third-order valence-electron chi connectivity index (χ3n) is 5.68. The van der Waals surface area contributed by atoms with Crippen LogP contribution in [0.2, 0.25) is 5.02 Å². The van der Waals surface area contributed by atoms with Gasteiger partial charge in [-0.2, -0.15) is 0 Å². The predicted octanol–water partition coefficient (Wildman–Crippen LogP) is 3.71. The molecule has 4 rings (SSSR count). The Morgan fingerprint density at radius 3 is 2.61 bits per heavy atom. The van der Waals surface area contributed by atoms with Crippen LogP contribution in [0.3, 0.4) is 0 Å². The normalized spacial score (nSPS) is 20.3. The number of rotatable bonds is 4. The highest BCUT2D eigenvalue weighted by molar-refractivity contribution is 6.31. The van der Waals surface area contributed by atoms with Gasteiger partial charge >= 0.3 is 0 Å². The lowest BCUT2D eigenvalue weighted by molar-refractivity contribution is -0.139. The van der Waals surface area contributed by atoms with Crippen LogP contribution in [0, 0.1) is 17.7 Å². The number of allylic oxidation sites excluding steroid dienone is 2. The number of halogens is 2. The van der Waals surface area contributed by atoms with Crippen molar-refractivity contribution in [1.82, 2.24) is 10.3 Å². The summed E-state index contributed by atoms with van der Waals surface area (Å²) in [5, 5.41) is 1.46. The summed E-state index contributed by atoms with van der Waals surface area (Å²) in [6.45, 7) is -0.00988. The molecule has 1 N–H and O–H groups in total. The van der Waals surface area contributed by atoms with Crippen LogP contribution >= 0.6 is 11.6 Å². The van der Waals surface area contributed by atoms with Crippen molar-refractivity contribution in [3.63, 3.8) is 0 Å². The van der Waals surface area contributed by atoms with Gasteiger partial charge in [-0.1, -0.05) is 35.9 Å². The molecule has 1 fully saturated rings. The van der Waals surface area contributed by atoms with E-state index in [1.807, 2.05) is 12.2 Å². The van der Waals surface area contributed by atoms with Crippen molar-refractivity contribution < 1.29 is 18.8 Å². The molecule has 8 heteroatoms. The van der Waals surface area contributed by atoms with E-state index in [-0.39, 0.29) is 40.8 Å². The Labute approximate surface area is 184 Å². The fraction of sp³-hybridized carbons (Fsp3) is 0.261. The lowest BCUT2D eigenvalue weighted by Crippen LogP contribution is -2.59. The molecule has 2 unspecified atom stereocenters. The van der Waals surface area contributed by atoms with Gasteiger partial charge in [-0.3, -0.25) is 19.8 Å². The number of anilines is 1. The second-order valence-electron chi connectivity index (χ2n) is 7.72. The summed E-state index contributed by atoms with van der Waals surface area (Å²) in [6, 6.07) is 10.8. The van der Waals surface area contributed by atoms with Crippen LogP contribution in [-0.4, -0.2) is 29.7 Å². The van der Waals surface area contributed by atoms with E-state index < -0.39 is 11.7 Å². The Morgan fingerprint density at radius 2 is 1.87 bits per heavy atom. The summed E-state index contributed by atoms with van der Waals surface area (Å²) in [5.41, 5.74) is 3.58. The zero-order valence-corrected chi connectivity index (χ0v) is 17.6. The van der Waals surface area contributed by atoms with Gasteiger partial charge in [-0.05, 0) is 43.2 Å². The number of nitrogens with zero attached hydrogens (tertiary/aromatic N) is 2. The molecule has 2 aromatic rings. The highest BCUT2D eigenvalue weighted by atomic mass is 35.5. The molecule has 160 valence electrons. The summed E-state index contributed by atoms with van der Waals surface area (Å²) in [7, 11) is 1.55. The highest BCUT2D eigenvalue weighted by Crippen LogP contribution is 2.32. The second kappa shape index (κ2) is 8.51. The van der Waals surface area contributed by atoms with Crippen molar-refractivity contribution in [3.8, 4) is 0 Å². The van der Waals surface area contributed by atoms with Crippen LogP contribution in [0.15, 0.2) is 54.6 Å². The van der Waals surface area contributed by atoms with Crippen LogP contribution in [-0.2, 0) is 16.1 Å². The van der Waals surface area contributed by atoms with E-state index in [1.165, 1.54) is 22.0 Å². The van der Waals surface area contributed by atoms with Crippen molar-refractivity contribution in [2.24, 2.45) is 11.8 Å². The van der Waals surface area contributed by atoms with Crippen molar-refractivity contribution >= 4 is 35.0 Å². The van der Waals surface area contributed by atoms with Crippen molar-refractivity contribution in [2.45, 2.75) is 19.4 Å². The zero-order valence-electron chi connectivity index (χ0n) is 16.8. The van der Waals surface area contributed by atoms with Gasteiger partial charge in [0.15, 0.2) is 0 Å². The Morgan fingerprint density at radius 1 is 1.16 bits per heavy atom. The van der Waals surface area contributed by atoms with E-state index >= 15 is 0 Å². The van der Waals surface area contributed by atoms with Gasteiger partial charge < -0.3 is 4.90 Å². The summed E-state index contributed by atoms with van der Waals surface area (Å²) >= 11 is 6.07. The first-order chi connectivity index (χ1) is 14.9. The molecule has 2 aliphatic rings. The van der Waals surface area contributed by atoms with Crippen LogP contribution in [0.1, 0.15) is 28.8 Å². The first-order valence-corrected chi connectivity index (χ1v) is 10.3. The Hall–Kier alpha value is -3.19. The van der Waals surface area contributed by atoms with Gasteiger partial charge in [0, 0.05) is 29.7 Å². The third-order valence-corrected chi connectivity index (χ3v) is 6.04. The fourth-order valence-corrected chi connectivity index (χ4v) is 4.20. The minimum atomic E-state index is -0.487. The molecule has 31 heavy (non-hydrogen) atoms. The average molecular weight is 442 g/mol. The standard InChI is InChI=1S/C23H21ClFN3O3/c1-27(13-18-19(24)10-5-11-20(18)25)22(30)14-6-4-7-15(12-14)28-23(31)17-9-3-2-8-16(17)21(29)26-28/h2-7,10-12,16-17H,8-9,13H2,1H3,(H,26,29). The van der Waals surface area contributed by atoms with Crippen molar-refractivity contribution in [2.75, 3.05) is 12.1 Å². The van der Waals surface area contributed by atoms with E-state index in [1.54, 1.807) is 37.4 Å². The minimum absolute atomic E-state index is 0.00988. The molecular weight excluding hydrogens is 421 g/mol. The van der Waals surface area contributed by atoms with E-state index in [4.69, 9.17) is 11.6 Å². The van der Waals surface area contributed by atoms with E-state index in [9.17, 15) is 18.8 Å². The number of amides is 3. The number of carbonyl (C=O) groups excluding carboxylic acids is 3. The van der Waals surface area contributed by atoms with Crippen molar-refractivity contribution in [3.05, 3.63) is 76.6 Å². The maximum absolute atomic E-state index is 14.1. The van der Waals surface area contributed by atoms with Crippen LogP contribution in [0.25, 0.3) is 0 Å². The molecule has 0 aromatic heterocycles. The molecule has 1 heterocycles. The summed E-state index contributed by atoms with van der Waals surface area (Å²) < 4.78 is 14.1. The first-order valence-electron chi connectivity index (χ1n) is 9.94. The topological polar surface area (TPSA) is 69.7 Å². The molecule has 2 aromatic carbocycles. The van der Waals surface area contributed by atoms with Gasteiger partial charge in [0.25, 0.3) is 5.91 Å². The van der Waals surface area contributed by atoms with E-state index in [0.717, 1.165) is 0 Å². The number of nitrogens with one attached hydrogen (secondary N) is 1. The molecule has 1 aliphatic carbocycles. The number of benzene rings is 2. The third kappa shape index (κ3) is 4.05. The Kier molecular flexibility index (Phi) is 5.78. The van der Waals surface area contributed by atoms with Gasteiger partial charge in [-0.25, -0.2) is 9.40 Å². The Bertz CT molecular complexity index is 1070. The lowest BCUT2D eigenvalue weighted by atomic mass is 9.80. The second-order valence-corrected chi connectivity index (χ2v) is 8.12. The first kappa shape index (κ1) is 21.1. The Balaban J connectivity index is 1.55. The molecule has 0 bridgehead atoms. The summed E-state index contributed by atoms with van der Waals surface area (Å²) in [4.78, 5) is 39.7. The molecule has 3 amide bonds. The van der Waals surface area contributed by atoms with Gasteiger partial charge in [0.05, 0.1) is 17.5 Å². The highest BCUT2D eigenvalue weighted by Gasteiger charge is 2.42. The largest absolute Gasteiger partial charge is 0.337 e. The summed E-state index contributed by atoms with van der Waals surface area (Å²) in [5.74, 6) is -2.05. The van der Waals surface area contributed by atoms with Crippen molar-refractivity contribution in [1.29, 1.82) is 0 Å². The molecule has 1 saturated heterocycles. The number of hydrazine groups is 1. The molecule has 2 atom stereocenters. The molecular formula is C23H21ClFN3O3. The monoisotopic (exact) mass is 441 g/mol. The summed E-state index contributed by atoms with van der Waals surface area (Å²) in [6.07, 6.45) is 4.88. The van der Waals surface area contributed by atoms with Crippen LogP contribution in [0.5, 0.6) is 0 Å². The number of hydrogen-bond donors (Lipinski definition) is 1. The van der Waals surface area contributed by atoms with Gasteiger partial charge in [0.1, 0.15) is 5.82 Å². The smallest absolute Gasteiger partial charge is 0.253 e. The maximum Gasteiger partial charge on any atom is 0.253 e. The zero-order chi connectivity index (χ0) is 22.1. The predicted molar refractivity (Wildman–Crippen MR) is 115 cm³/mol. The minimum Gasteiger partial charge on any atom is -0.337 e. The van der Waals surface area contributed by atoms with Crippen LogP contribution in [0.4, 0.5) is 10.1 Å². The van der Waals surface area contributed by atoms with Crippen LogP contribution < -0.4 is 10.4 Å². The molecule has 0 saturated carbocycles. The SMILES string of the molecule is CN(Cc1c(F)cccc1Cl)C(=O)c1cccc(N2NC(=O)C3CC=CCC3C2=O)c1. The molecule has 6 nitrogen and oxygen atoms in total. The van der Waals surface area contributed by atoms with E-state index in [2.05, 4.69) is 5.43 Å². The van der Waals surface area contributed by atoms with E-state index in [0.29, 0.717) is 24.1 Å². The quantitative estimate of drug-likeness (QED) is 0.735. The lowest BCUT2D eigenvalue weighted by Gasteiger charge is -2.38. The molecule has 0 spiro atoms. The number of hydrogen-bond acceptors (Lipinski definition) is 3. The fourth-order valence-electron chi connectivity index (χ4n) is 3.97. The average Bonchev–Trinajstić information content (AvgIpc) is 2.78. The van der Waals surface area contributed by atoms with Gasteiger partial charge in [-0.15, -0.1) is 0 Å². The van der Waals surface area contributed by atoms with Gasteiger partial charge in [0.2, 0.25) is 11.8 Å². The molecule has 0 radical (unpaired) electrons. The maximum atomic E-state index is 14.1. The molecule has 1 aliphatic heterocycles. The number of carbonyl (C=O) groups is 3.